The first kappa shape index (κ1) is 13.9. The van der Waals surface area contributed by atoms with Gasteiger partial charge in [0.05, 0.1) is 0 Å². The van der Waals surface area contributed by atoms with Gasteiger partial charge in [0, 0.05) is 5.69 Å². The number of carbonyl (C=O) groups excluding carboxylic acids is 1. The zero-order chi connectivity index (χ0) is 14.2. The lowest BCUT2D eigenvalue weighted by Crippen LogP contribution is -2.14. The molecule has 0 aliphatic heterocycles. The third kappa shape index (κ3) is 3.99. The van der Waals surface area contributed by atoms with Gasteiger partial charge in [-0.05, 0) is 23.6 Å². The molecule has 2 aromatic carbocycles. The summed E-state index contributed by atoms with van der Waals surface area (Å²) in [6.07, 6.45) is 1.83. The molecular formula is C17H17NO2. The summed E-state index contributed by atoms with van der Waals surface area (Å²) in [4.78, 5) is 11.6. The molecule has 1 N–H and O–H groups in total. The van der Waals surface area contributed by atoms with Crippen LogP contribution in [-0.4, -0.2) is 12.7 Å². The summed E-state index contributed by atoms with van der Waals surface area (Å²) >= 11 is 0. The van der Waals surface area contributed by atoms with E-state index in [1.54, 1.807) is 0 Å². The largest absolute Gasteiger partial charge is 0.445 e. The molecule has 3 nitrogen and oxygen atoms in total. The maximum atomic E-state index is 11.6. The lowest BCUT2D eigenvalue weighted by Gasteiger charge is -2.11. The monoisotopic (exact) mass is 267 g/mol. The molecule has 3 heteroatoms. The van der Waals surface area contributed by atoms with Crippen LogP contribution in [0.5, 0.6) is 0 Å². The lowest BCUT2D eigenvalue weighted by atomic mass is 10.0. The zero-order valence-corrected chi connectivity index (χ0v) is 11.2. The first-order valence-corrected chi connectivity index (χ1v) is 6.46. The minimum atomic E-state index is -0.467. The van der Waals surface area contributed by atoms with Crippen molar-refractivity contribution in [2.24, 2.45) is 0 Å². The van der Waals surface area contributed by atoms with Gasteiger partial charge in [0.15, 0.2) is 0 Å². The van der Waals surface area contributed by atoms with Gasteiger partial charge in [-0.15, -0.1) is 0 Å². The fraction of sp³-hybridized carbons (Fsp3) is 0.118. The van der Waals surface area contributed by atoms with Gasteiger partial charge < -0.3 is 4.74 Å². The Balaban J connectivity index is 2.10. The molecule has 2 rings (SSSR count). The van der Waals surface area contributed by atoms with Crippen molar-refractivity contribution >= 4 is 11.8 Å². The predicted molar refractivity (Wildman–Crippen MR) is 80.9 cm³/mol. The highest BCUT2D eigenvalue weighted by Gasteiger charge is 2.07. The van der Waals surface area contributed by atoms with E-state index in [-0.39, 0.29) is 6.61 Å². The maximum absolute atomic E-state index is 11.6. The SMILES string of the molecule is C=CCOC(=O)Nc1ccccc1Cc1ccccc1. The van der Waals surface area contributed by atoms with E-state index >= 15 is 0 Å². The third-order valence-corrected chi connectivity index (χ3v) is 2.82. The van der Waals surface area contributed by atoms with Gasteiger partial charge in [0.1, 0.15) is 6.61 Å². The topological polar surface area (TPSA) is 38.3 Å². The quantitative estimate of drug-likeness (QED) is 0.831. The van der Waals surface area contributed by atoms with E-state index in [1.165, 1.54) is 11.6 Å². The molecule has 0 bridgehead atoms. The van der Waals surface area contributed by atoms with Crippen molar-refractivity contribution in [2.75, 3.05) is 11.9 Å². The highest BCUT2D eigenvalue weighted by Crippen LogP contribution is 2.19. The summed E-state index contributed by atoms with van der Waals surface area (Å²) < 4.78 is 4.93. The molecular weight excluding hydrogens is 250 g/mol. The number of hydrogen-bond donors (Lipinski definition) is 1. The second-order valence-electron chi connectivity index (χ2n) is 4.33. The number of rotatable bonds is 5. The second-order valence-corrected chi connectivity index (χ2v) is 4.33. The van der Waals surface area contributed by atoms with Crippen molar-refractivity contribution in [2.45, 2.75) is 6.42 Å². The standard InChI is InChI=1S/C17H17NO2/c1-2-12-20-17(19)18-16-11-7-6-10-15(16)13-14-8-4-3-5-9-14/h2-11H,1,12-13H2,(H,18,19). The number of para-hydroxylation sites is 1. The Kier molecular flexibility index (Phi) is 4.95. The molecule has 0 saturated carbocycles. The van der Waals surface area contributed by atoms with E-state index in [4.69, 9.17) is 4.74 Å². The van der Waals surface area contributed by atoms with Crippen LogP contribution in [0.3, 0.4) is 0 Å². The molecule has 0 spiro atoms. The van der Waals surface area contributed by atoms with Gasteiger partial charge in [-0.3, -0.25) is 5.32 Å². The molecule has 0 unspecified atom stereocenters. The maximum Gasteiger partial charge on any atom is 0.411 e. The molecule has 0 aliphatic rings. The normalized spacial score (nSPS) is 9.80. The fourth-order valence-electron chi connectivity index (χ4n) is 1.89. The van der Waals surface area contributed by atoms with Crippen LogP contribution >= 0.6 is 0 Å². The number of hydrogen-bond acceptors (Lipinski definition) is 2. The second kappa shape index (κ2) is 7.14. The van der Waals surface area contributed by atoms with E-state index in [1.807, 2.05) is 42.5 Å². The van der Waals surface area contributed by atoms with Crippen molar-refractivity contribution < 1.29 is 9.53 Å². The third-order valence-electron chi connectivity index (χ3n) is 2.82. The van der Waals surface area contributed by atoms with Gasteiger partial charge in [-0.25, -0.2) is 4.79 Å². The molecule has 2 aromatic rings. The van der Waals surface area contributed by atoms with Crippen LogP contribution in [0.4, 0.5) is 10.5 Å². The molecule has 1 amide bonds. The van der Waals surface area contributed by atoms with E-state index in [0.29, 0.717) is 0 Å². The molecule has 0 atom stereocenters. The Bertz CT molecular complexity index is 579. The van der Waals surface area contributed by atoms with Crippen molar-refractivity contribution in [3.05, 3.63) is 78.4 Å². The number of nitrogens with one attached hydrogen (secondary N) is 1. The zero-order valence-electron chi connectivity index (χ0n) is 11.2. The average Bonchev–Trinajstić information content (AvgIpc) is 2.48. The number of carbonyl (C=O) groups is 1. The van der Waals surface area contributed by atoms with Crippen LogP contribution in [0.15, 0.2) is 67.3 Å². The highest BCUT2D eigenvalue weighted by atomic mass is 16.5. The van der Waals surface area contributed by atoms with Gasteiger partial charge in [-0.1, -0.05) is 61.2 Å². The predicted octanol–water partition coefficient (Wildman–Crippen LogP) is 4.01. The Morgan fingerprint density at radius 1 is 1.10 bits per heavy atom. The van der Waals surface area contributed by atoms with Crippen LogP contribution in [0.2, 0.25) is 0 Å². The van der Waals surface area contributed by atoms with E-state index in [0.717, 1.165) is 17.7 Å². The molecule has 20 heavy (non-hydrogen) atoms. The minimum Gasteiger partial charge on any atom is -0.445 e. The summed E-state index contributed by atoms with van der Waals surface area (Å²) in [5.41, 5.74) is 3.01. The van der Waals surface area contributed by atoms with E-state index in [2.05, 4.69) is 24.0 Å². The summed E-state index contributed by atoms with van der Waals surface area (Å²) in [7, 11) is 0. The number of anilines is 1. The molecule has 0 radical (unpaired) electrons. The van der Waals surface area contributed by atoms with Gasteiger partial charge >= 0.3 is 6.09 Å². The molecule has 0 fully saturated rings. The molecule has 0 aromatic heterocycles. The van der Waals surface area contributed by atoms with E-state index in [9.17, 15) is 4.79 Å². The number of benzene rings is 2. The number of amides is 1. The molecule has 0 saturated heterocycles. The fourth-order valence-corrected chi connectivity index (χ4v) is 1.89. The highest BCUT2D eigenvalue weighted by molar-refractivity contribution is 5.85. The molecule has 0 heterocycles. The van der Waals surface area contributed by atoms with Crippen LogP contribution in [0.1, 0.15) is 11.1 Å². The summed E-state index contributed by atoms with van der Waals surface area (Å²) in [5.74, 6) is 0. The van der Waals surface area contributed by atoms with Crippen molar-refractivity contribution in [1.82, 2.24) is 0 Å². The van der Waals surface area contributed by atoms with Crippen LogP contribution in [0, 0.1) is 0 Å². The minimum absolute atomic E-state index is 0.201. The van der Waals surface area contributed by atoms with Gasteiger partial charge in [0.2, 0.25) is 0 Å². The molecule has 0 aliphatic carbocycles. The van der Waals surface area contributed by atoms with Crippen molar-refractivity contribution in [3.63, 3.8) is 0 Å². The molecule has 102 valence electrons. The summed E-state index contributed by atoms with van der Waals surface area (Å²) in [6.45, 7) is 3.71. The van der Waals surface area contributed by atoms with Crippen LogP contribution in [0.25, 0.3) is 0 Å². The van der Waals surface area contributed by atoms with Gasteiger partial charge in [0.25, 0.3) is 0 Å². The Labute approximate surface area is 118 Å². The number of ether oxygens (including phenoxy) is 1. The summed E-state index contributed by atoms with van der Waals surface area (Å²) in [5, 5.41) is 2.76. The van der Waals surface area contributed by atoms with Crippen molar-refractivity contribution in [3.8, 4) is 0 Å². The first-order chi connectivity index (χ1) is 9.79. The van der Waals surface area contributed by atoms with Crippen LogP contribution < -0.4 is 5.32 Å². The van der Waals surface area contributed by atoms with Gasteiger partial charge in [-0.2, -0.15) is 0 Å². The van der Waals surface area contributed by atoms with E-state index < -0.39 is 6.09 Å². The first-order valence-electron chi connectivity index (χ1n) is 6.46. The van der Waals surface area contributed by atoms with Crippen molar-refractivity contribution in [1.29, 1.82) is 0 Å². The smallest absolute Gasteiger partial charge is 0.411 e. The van der Waals surface area contributed by atoms with Crippen LogP contribution in [-0.2, 0) is 11.2 Å². The summed E-state index contributed by atoms with van der Waals surface area (Å²) in [6, 6.07) is 17.8. The average molecular weight is 267 g/mol. The Morgan fingerprint density at radius 3 is 2.55 bits per heavy atom. The lowest BCUT2D eigenvalue weighted by molar-refractivity contribution is 0.174. The Hall–Kier alpha value is -2.55. The Morgan fingerprint density at radius 2 is 1.80 bits per heavy atom.